The van der Waals surface area contributed by atoms with E-state index in [2.05, 4.69) is 54.4 Å². The quantitative estimate of drug-likeness (QED) is 0.594. The number of hydrogen-bond acceptors (Lipinski definition) is 4. The van der Waals surface area contributed by atoms with Gasteiger partial charge in [0.25, 0.3) is 5.56 Å². The van der Waals surface area contributed by atoms with Crippen LogP contribution in [0.25, 0.3) is 10.8 Å². The summed E-state index contributed by atoms with van der Waals surface area (Å²) in [6, 6.07) is 16.3. The first kappa shape index (κ1) is 21.0. The Balaban J connectivity index is 1.38. The molecule has 2 aliphatic heterocycles. The molecule has 5 nitrogen and oxygen atoms in total. The van der Waals surface area contributed by atoms with E-state index in [0.717, 1.165) is 43.2 Å². The van der Waals surface area contributed by atoms with Gasteiger partial charge in [-0.15, -0.1) is 11.8 Å². The molecule has 1 aromatic heterocycles. The van der Waals surface area contributed by atoms with Crippen LogP contribution in [0.3, 0.4) is 0 Å². The van der Waals surface area contributed by atoms with Gasteiger partial charge >= 0.3 is 0 Å². The monoisotopic (exact) mass is 459 g/mol. The molecule has 33 heavy (non-hydrogen) atoms. The number of nitrogens with zero attached hydrogens (tertiary/aromatic N) is 3. The smallest absolute Gasteiger partial charge is 0.252 e. The molecular formula is C27H29N3O2S. The van der Waals surface area contributed by atoms with Gasteiger partial charge in [0.2, 0.25) is 5.91 Å². The Hall–Kier alpha value is -2.57. The molecule has 2 aromatic carbocycles. The predicted molar refractivity (Wildman–Crippen MR) is 133 cm³/mol. The molecule has 6 heteroatoms. The first-order valence-corrected chi connectivity index (χ1v) is 12.9. The Kier molecular flexibility index (Phi) is 5.30. The number of aromatic nitrogens is 1. The van der Waals surface area contributed by atoms with E-state index in [9.17, 15) is 9.59 Å². The molecule has 1 atom stereocenters. The fourth-order valence-electron chi connectivity index (χ4n) is 5.36. The summed E-state index contributed by atoms with van der Waals surface area (Å²) in [5, 5.41) is 3.53. The molecule has 1 amide bonds. The van der Waals surface area contributed by atoms with Gasteiger partial charge in [0.1, 0.15) is 6.04 Å². The number of hydrogen-bond donors (Lipinski definition) is 0. The van der Waals surface area contributed by atoms with Crippen molar-refractivity contribution in [1.82, 2.24) is 14.4 Å². The Labute approximate surface area is 198 Å². The zero-order chi connectivity index (χ0) is 22.5. The minimum absolute atomic E-state index is 0.0258. The van der Waals surface area contributed by atoms with Gasteiger partial charge < -0.3 is 9.80 Å². The molecule has 0 radical (unpaired) electrons. The highest BCUT2D eigenvalue weighted by Gasteiger charge is 2.39. The fourth-order valence-corrected chi connectivity index (χ4v) is 6.78. The summed E-state index contributed by atoms with van der Waals surface area (Å²) in [7, 11) is 2.09. The van der Waals surface area contributed by atoms with Crippen LogP contribution in [0.1, 0.15) is 41.5 Å². The van der Waals surface area contributed by atoms with Crippen LogP contribution in [-0.2, 0) is 11.2 Å². The lowest BCUT2D eigenvalue weighted by Gasteiger charge is -2.34. The molecule has 6 rings (SSSR count). The number of likely N-dealkylation sites (N-methyl/N-ethyl adjacent to an activating group) is 1. The highest BCUT2D eigenvalue weighted by Crippen LogP contribution is 2.49. The average Bonchev–Trinajstić information content (AvgIpc) is 3.56. The predicted octanol–water partition coefficient (Wildman–Crippen LogP) is 3.89. The SMILES string of the molecule is CN1CCN(C(=O)[C@@H]2CSc3c(C4CC4)c(Cc4cccc5ccccc45)cc(=O)n32)CC1. The van der Waals surface area contributed by atoms with Crippen LogP contribution < -0.4 is 5.56 Å². The van der Waals surface area contributed by atoms with E-state index in [1.54, 1.807) is 11.8 Å². The van der Waals surface area contributed by atoms with Gasteiger partial charge in [-0.25, -0.2) is 0 Å². The van der Waals surface area contributed by atoms with Gasteiger partial charge in [-0.05, 0) is 59.7 Å². The van der Waals surface area contributed by atoms with E-state index in [1.807, 2.05) is 15.5 Å². The summed E-state index contributed by atoms with van der Waals surface area (Å²) in [4.78, 5) is 31.0. The first-order chi connectivity index (χ1) is 16.1. The molecule has 1 aliphatic carbocycles. The number of fused-ring (bicyclic) bond motifs is 2. The fraction of sp³-hybridized carbons (Fsp3) is 0.407. The molecule has 170 valence electrons. The summed E-state index contributed by atoms with van der Waals surface area (Å²) in [6.07, 6.45) is 3.10. The molecule has 3 aromatic rings. The van der Waals surface area contributed by atoms with Gasteiger partial charge in [-0.2, -0.15) is 0 Å². The molecule has 1 saturated heterocycles. The summed E-state index contributed by atoms with van der Waals surface area (Å²) >= 11 is 1.71. The number of carbonyl (C=O) groups excluding carboxylic acids is 1. The normalized spacial score (nSPS) is 20.9. The van der Waals surface area contributed by atoms with Gasteiger partial charge in [0, 0.05) is 38.0 Å². The lowest BCUT2D eigenvalue weighted by molar-refractivity contribution is -0.135. The summed E-state index contributed by atoms with van der Waals surface area (Å²) in [5.41, 5.74) is 3.70. The van der Waals surface area contributed by atoms with Crippen molar-refractivity contribution in [1.29, 1.82) is 0 Å². The minimum Gasteiger partial charge on any atom is -0.338 e. The molecule has 1 saturated carbocycles. The highest BCUT2D eigenvalue weighted by molar-refractivity contribution is 7.99. The Bertz CT molecular complexity index is 1280. The van der Waals surface area contributed by atoms with Crippen LogP contribution in [0.4, 0.5) is 0 Å². The number of benzene rings is 2. The highest BCUT2D eigenvalue weighted by atomic mass is 32.2. The molecule has 3 heterocycles. The Morgan fingerprint density at radius 2 is 1.76 bits per heavy atom. The van der Waals surface area contributed by atoms with Crippen molar-refractivity contribution in [3.8, 4) is 0 Å². The number of carbonyl (C=O) groups is 1. The maximum atomic E-state index is 13.4. The second-order valence-electron chi connectivity index (χ2n) is 9.64. The maximum absolute atomic E-state index is 13.4. The van der Waals surface area contributed by atoms with E-state index in [4.69, 9.17) is 0 Å². The summed E-state index contributed by atoms with van der Waals surface area (Å²) < 4.78 is 1.82. The molecule has 0 N–H and O–H groups in total. The third-order valence-electron chi connectivity index (χ3n) is 7.37. The number of thioether (sulfide) groups is 1. The van der Waals surface area contributed by atoms with Crippen molar-refractivity contribution in [2.75, 3.05) is 39.0 Å². The van der Waals surface area contributed by atoms with Crippen LogP contribution in [0, 0.1) is 0 Å². The molecular weight excluding hydrogens is 430 g/mol. The Morgan fingerprint density at radius 3 is 2.55 bits per heavy atom. The van der Waals surface area contributed by atoms with E-state index >= 15 is 0 Å². The van der Waals surface area contributed by atoms with Crippen LogP contribution in [0.5, 0.6) is 0 Å². The lowest BCUT2D eigenvalue weighted by Crippen LogP contribution is -2.50. The average molecular weight is 460 g/mol. The van der Waals surface area contributed by atoms with E-state index in [1.165, 1.54) is 34.7 Å². The van der Waals surface area contributed by atoms with Gasteiger partial charge in [-0.3, -0.25) is 14.2 Å². The van der Waals surface area contributed by atoms with E-state index in [0.29, 0.717) is 11.7 Å². The molecule has 0 unspecified atom stereocenters. The number of piperazine rings is 1. The molecule has 0 bridgehead atoms. The number of rotatable bonds is 4. The van der Waals surface area contributed by atoms with Crippen molar-refractivity contribution in [2.24, 2.45) is 0 Å². The molecule has 2 fully saturated rings. The van der Waals surface area contributed by atoms with Crippen molar-refractivity contribution in [3.63, 3.8) is 0 Å². The van der Waals surface area contributed by atoms with E-state index < -0.39 is 0 Å². The van der Waals surface area contributed by atoms with Gasteiger partial charge in [-0.1, -0.05) is 42.5 Å². The number of pyridine rings is 1. The topological polar surface area (TPSA) is 45.6 Å². The summed E-state index contributed by atoms with van der Waals surface area (Å²) in [5.74, 6) is 1.29. The van der Waals surface area contributed by atoms with Crippen molar-refractivity contribution >= 4 is 28.4 Å². The zero-order valence-electron chi connectivity index (χ0n) is 19.0. The second kappa shape index (κ2) is 8.33. The summed E-state index contributed by atoms with van der Waals surface area (Å²) in [6.45, 7) is 3.28. The second-order valence-corrected chi connectivity index (χ2v) is 10.7. The zero-order valence-corrected chi connectivity index (χ0v) is 19.8. The largest absolute Gasteiger partial charge is 0.338 e. The standard InChI is InChI=1S/C27H29N3O2S/c1-28-11-13-29(14-12-28)26(32)23-17-33-27-25(19-9-10-19)21(16-24(31)30(23)27)15-20-7-4-6-18-5-2-3-8-22(18)20/h2-8,16,19,23H,9-15,17H2,1H3/t23-/m0/s1. The van der Waals surface area contributed by atoms with Gasteiger partial charge in [0.15, 0.2) is 0 Å². The molecule has 3 aliphatic rings. The number of amides is 1. The van der Waals surface area contributed by atoms with Crippen molar-refractivity contribution in [3.05, 3.63) is 75.6 Å². The lowest BCUT2D eigenvalue weighted by atomic mass is 9.95. The Morgan fingerprint density at radius 1 is 1.00 bits per heavy atom. The van der Waals surface area contributed by atoms with Crippen LogP contribution >= 0.6 is 11.8 Å². The third kappa shape index (κ3) is 3.79. The molecule has 0 spiro atoms. The van der Waals surface area contributed by atoms with Crippen LogP contribution in [0.2, 0.25) is 0 Å². The third-order valence-corrected chi connectivity index (χ3v) is 8.54. The maximum Gasteiger partial charge on any atom is 0.252 e. The van der Waals surface area contributed by atoms with Crippen molar-refractivity contribution in [2.45, 2.75) is 36.2 Å². The van der Waals surface area contributed by atoms with Crippen LogP contribution in [-0.4, -0.2) is 59.3 Å². The van der Waals surface area contributed by atoms with Crippen LogP contribution in [0.15, 0.2) is 58.4 Å². The first-order valence-electron chi connectivity index (χ1n) is 12.0. The minimum atomic E-state index is -0.370. The van der Waals surface area contributed by atoms with Gasteiger partial charge in [0.05, 0.1) is 5.03 Å². The van der Waals surface area contributed by atoms with E-state index in [-0.39, 0.29) is 17.5 Å². The van der Waals surface area contributed by atoms with Crippen molar-refractivity contribution < 1.29 is 4.79 Å².